The Kier molecular flexibility index (Phi) is 5.23. The second-order valence-electron chi connectivity index (χ2n) is 6.70. The van der Waals surface area contributed by atoms with Gasteiger partial charge in [-0.05, 0) is 30.2 Å². The molecule has 0 radical (unpaired) electrons. The van der Waals surface area contributed by atoms with E-state index in [4.69, 9.17) is 9.47 Å². The molecule has 28 heavy (non-hydrogen) atoms. The highest BCUT2D eigenvalue weighted by molar-refractivity contribution is 5.88. The van der Waals surface area contributed by atoms with Gasteiger partial charge >= 0.3 is 0 Å². The van der Waals surface area contributed by atoms with Crippen molar-refractivity contribution in [2.24, 2.45) is 0 Å². The number of aromatic nitrogens is 2. The molecule has 1 saturated heterocycles. The topological polar surface area (TPSA) is 67.8 Å². The monoisotopic (exact) mass is 378 g/mol. The number of amides is 1. The standard InChI is InChI=1S/C21H22N4O3/c1-16-13-22-21(23-14-16)25-10-8-24(9-11-25)20(26)5-3-2-4-17-6-7-18-19(12-17)28-15-27-18/h2-7,12-14H,8-11,15H2,1H3/b4-2+,5-3+. The molecule has 2 aromatic rings. The number of nitrogens with zero attached hydrogens (tertiary/aromatic N) is 4. The van der Waals surface area contributed by atoms with Gasteiger partial charge in [-0.3, -0.25) is 4.79 Å². The number of hydrogen-bond acceptors (Lipinski definition) is 6. The Morgan fingerprint density at radius 1 is 1.04 bits per heavy atom. The zero-order valence-electron chi connectivity index (χ0n) is 15.7. The molecular weight excluding hydrogens is 356 g/mol. The van der Waals surface area contributed by atoms with Crippen LogP contribution in [-0.2, 0) is 4.79 Å². The van der Waals surface area contributed by atoms with Crippen LogP contribution in [0, 0.1) is 6.92 Å². The number of fused-ring (bicyclic) bond motifs is 1. The molecule has 7 heteroatoms. The van der Waals surface area contributed by atoms with Gasteiger partial charge in [-0.2, -0.15) is 0 Å². The average molecular weight is 378 g/mol. The molecule has 3 heterocycles. The van der Waals surface area contributed by atoms with Gasteiger partial charge in [0, 0.05) is 44.6 Å². The molecule has 4 rings (SSSR count). The number of rotatable bonds is 4. The lowest BCUT2D eigenvalue weighted by Crippen LogP contribution is -2.48. The van der Waals surface area contributed by atoms with E-state index in [1.54, 1.807) is 12.2 Å². The van der Waals surface area contributed by atoms with Crippen LogP contribution in [0.2, 0.25) is 0 Å². The maximum Gasteiger partial charge on any atom is 0.246 e. The summed E-state index contributed by atoms with van der Waals surface area (Å²) in [5.74, 6) is 2.25. The van der Waals surface area contributed by atoms with Gasteiger partial charge in [0.25, 0.3) is 0 Å². The first-order valence-electron chi connectivity index (χ1n) is 9.26. The molecule has 0 atom stereocenters. The fraction of sp³-hybridized carbons (Fsp3) is 0.286. The minimum absolute atomic E-state index is 0.0137. The van der Waals surface area contributed by atoms with Crippen molar-refractivity contribution in [3.05, 3.63) is 59.9 Å². The van der Waals surface area contributed by atoms with Gasteiger partial charge in [-0.15, -0.1) is 0 Å². The van der Waals surface area contributed by atoms with E-state index in [0.29, 0.717) is 13.1 Å². The highest BCUT2D eigenvalue weighted by atomic mass is 16.7. The van der Waals surface area contributed by atoms with E-state index in [9.17, 15) is 4.79 Å². The average Bonchev–Trinajstić information content (AvgIpc) is 3.20. The highest BCUT2D eigenvalue weighted by Gasteiger charge is 2.21. The summed E-state index contributed by atoms with van der Waals surface area (Å²) in [6.07, 6.45) is 10.8. The first-order valence-corrected chi connectivity index (χ1v) is 9.26. The van der Waals surface area contributed by atoms with Crippen molar-refractivity contribution in [2.45, 2.75) is 6.92 Å². The molecule has 0 N–H and O–H groups in total. The fourth-order valence-electron chi connectivity index (χ4n) is 3.10. The van der Waals surface area contributed by atoms with Gasteiger partial charge in [-0.25, -0.2) is 9.97 Å². The summed E-state index contributed by atoms with van der Waals surface area (Å²) < 4.78 is 10.7. The van der Waals surface area contributed by atoms with Gasteiger partial charge in [0.2, 0.25) is 18.6 Å². The number of anilines is 1. The summed E-state index contributed by atoms with van der Waals surface area (Å²) in [6, 6.07) is 5.75. The number of benzene rings is 1. The lowest BCUT2D eigenvalue weighted by molar-refractivity contribution is -0.126. The molecule has 2 aliphatic rings. The SMILES string of the molecule is Cc1cnc(N2CCN(C(=O)/C=C/C=C/c3ccc4c(c3)OCO4)CC2)nc1. The van der Waals surface area contributed by atoms with Crippen LogP contribution in [0.1, 0.15) is 11.1 Å². The van der Waals surface area contributed by atoms with E-state index in [0.717, 1.165) is 41.7 Å². The Labute approximate surface area is 163 Å². The number of allylic oxidation sites excluding steroid dienone is 2. The largest absolute Gasteiger partial charge is 0.454 e. The van der Waals surface area contributed by atoms with Crippen LogP contribution in [0.25, 0.3) is 6.08 Å². The van der Waals surface area contributed by atoms with E-state index in [1.165, 1.54) is 0 Å². The zero-order valence-corrected chi connectivity index (χ0v) is 15.7. The smallest absolute Gasteiger partial charge is 0.246 e. The molecule has 0 unspecified atom stereocenters. The predicted molar refractivity (Wildman–Crippen MR) is 106 cm³/mol. The lowest BCUT2D eigenvalue weighted by Gasteiger charge is -2.34. The quantitative estimate of drug-likeness (QED) is 0.601. The van der Waals surface area contributed by atoms with Crippen LogP contribution in [0.15, 0.2) is 48.8 Å². The normalized spacial score (nSPS) is 16.3. The summed E-state index contributed by atoms with van der Waals surface area (Å²) >= 11 is 0. The Morgan fingerprint density at radius 2 is 1.79 bits per heavy atom. The number of aryl methyl sites for hydroxylation is 1. The predicted octanol–water partition coefficient (Wildman–Crippen LogP) is 2.43. The Bertz CT molecular complexity index is 900. The van der Waals surface area contributed by atoms with Crippen LogP contribution in [0.3, 0.4) is 0 Å². The molecule has 0 bridgehead atoms. The lowest BCUT2D eigenvalue weighted by atomic mass is 10.2. The van der Waals surface area contributed by atoms with Gasteiger partial charge < -0.3 is 19.3 Å². The van der Waals surface area contributed by atoms with E-state index in [1.807, 2.05) is 54.6 Å². The molecule has 7 nitrogen and oxygen atoms in total. The molecule has 2 aliphatic heterocycles. The molecule has 0 aliphatic carbocycles. The first-order chi connectivity index (χ1) is 13.7. The highest BCUT2D eigenvalue weighted by Crippen LogP contribution is 2.32. The maximum atomic E-state index is 12.4. The van der Waals surface area contributed by atoms with Crippen molar-refractivity contribution in [1.29, 1.82) is 0 Å². The summed E-state index contributed by atoms with van der Waals surface area (Å²) in [7, 11) is 0. The van der Waals surface area contributed by atoms with Crippen molar-refractivity contribution in [3.8, 4) is 11.5 Å². The number of hydrogen-bond donors (Lipinski definition) is 0. The Morgan fingerprint density at radius 3 is 2.57 bits per heavy atom. The third-order valence-electron chi connectivity index (χ3n) is 4.68. The molecular formula is C21H22N4O3. The number of ether oxygens (including phenoxy) is 2. The Hall–Kier alpha value is -3.35. The Balaban J connectivity index is 1.27. The number of piperazine rings is 1. The first kappa shape index (κ1) is 18.0. The van der Waals surface area contributed by atoms with E-state index >= 15 is 0 Å². The van der Waals surface area contributed by atoms with Crippen LogP contribution >= 0.6 is 0 Å². The van der Waals surface area contributed by atoms with E-state index < -0.39 is 0 Å². The van der Waals surface area contributed by atoms with Gasteiger partial charge in [0.05, 0.1) is 0 Å². The third kappa shape index (κ3) is 4.14. The van der Waals surface area contributed by atoms with E-state index in [-0.39, 0.29) is 12.7 Å². The number of carbonyl (C=O) groups excluding carboxylic acids is 1. The van der Waals surface area contributed by atoms with Crippen LogP contribution < -0.4 is 14.4 Å². The molecule has 0 saturated carbocycles. The molecule has 144 valence electrons. The van der Waals surface area contributed by atoms with Crippen molar-refractivity contribution in [2.75, 3.05) is 37.9 Å². The number of carbonyl (C=O) groups is 1. The van der Waals surface area contributed by atoms with Crippen LogP contribution in [0.4, 0.5) is 5.95 Å². The fourth-order valence-corrected chi connectivity index (χ4v) is 3.10. The van der Waals surface area contributed by atoms with Crippen molar-refractivity contribution >= 4 is 17.9 Å². The summed E-state index contributed by atoms with van der Waals surface area (Å²) in [5.41, 5.74) is 2.03. The van der Waals surface area contributed by atoms with Gasteiger partial charge in [0.1, 0.15) is 0 Å². The third-order valence-corrected chi connectivity index (χ3v) is 4.68. The van der Waals surface area contributed by atoms with Gasteiger partial charge in [-0.1, -0.05) is 24.3 Å². The molecule has 1 aromatic heterocycles. The molecule has 1 aromatic carbocycles. The minimum atomic E-state index is 0.0137. The summed E-state index contributed by atoms with van der Waals surface area (Å²) in [6.45, 7) is 5.01. The van der Waals surface area contributed by atoms with Crippen molar-refractivity contribution in [3.63, 3.8) is 0 Å². The van der Waals surface area contributed by atoms with Crippen molar-refractivity contribution < 1.29 is 14.3 Å². The maximum absolute atomic E-state index is 12.4. The molecule has 1 fully saturated rings. The van der Waals surface area contributed by atoms with Crippen LogP contribution in [-0.4, -0.2) is 53.7 Å². The van der Waals surface area contributed by atoms with Crippen molar-refractivity contribution in [1.82, 2.24) is 14.9 Å². The second-order valence-corrected chi connectivity index (χ2v) is 6.70. The summed E-state index contributed by atoms with van der Waals surface area (Å²) in [5, 5.41) is 0. The zero-order chi connectivity index (χ0) is 19.3. The van der Waals surface area contributed by atoms with E-state index in [2.05, 4.69) is 14.9 Å². The van der Waals surface area contributed by atoms with Gasteiger partial charge in [0.15, 0.2) is 11.5 Å². The summed E-state index contributed by atoms with van der Waals surface area (Å²) in [4.78, 5) is 25.0. The molecule has 1 amide bonds. The van der Waals surface area contributed by atoms with Crippen LogP contribution in [0.5, 0.6) is 11.5 Å². The second kappa shape index (κ2) is 8.12. The molecule has 0 spiro atoms. The minimum Gasteiger partial charge on any atom is -0.454 e.